The highest BCUT2D eigenvalue weighted by Crippen LogP contribution is 2.17. The number of amides is 1. The molecule has 1 amide bonds. The highest BCUT2D eigenvalue weighted by molar-refractivity contribution is 5.88. The molecule has 0 aliphatic heterocycles. The van der Waals surface area contributed by atoms with Crippen LogP contribution >= 0.6 is 0 Å². The Kier molecular flexibility index (Phi) is 4.95. The summed E-state index contributed by atoms with van der Waals surface area (Å²) in [6, 6.07) is 8.40. The lowest BCUT2D eigenvalue weighted by Crippen LogP contribution is -2.26. The van der Waals surface area contributed by atoms with Crippen molar-refractivity contribution in [2.75, 3.05) is 0 Å². The number of allylic oxidation sites excluding steroid dienone is 1. The molecule has 0 heterocycles. The summed E-state index contributed by atoms with van der Waals surface area (Å²) in [5, 5.41) is 3.02. The Balaban J connectivity index is 2.75. The Labute approximate surface area is 104 Å². The maximum absolute atomic E-state index is 11.7. The van der Waals surface area contributed by atoms with E-state index in [1.165, 1.54) is 5.56 Å². The van der Waals surface area contributed by atoms with Gasteiger partial charge >= 0.3 is 0 Å². The van der Waals surface area contributed by atoms with E-state index in [1.54, 1.807) is 6.08 Å². The van der Waals surface area contributed by atoms with Crippen molar-refractivity contribution in [2.24, 2.45) is 0 Å². The first-order valence-electron chi connectivity index (χ1n) is 6.05. The fraction of sp³-hybridized carbons (Fsp3) is 0.400. The van der Waals surface area contributed by atoms with Crippen molar-refractivity contribution < 1.29 is 4.79 Å². The van der Waals surface area contributed by atoms with Crippen molar-refractivity contribution >= 4 is 5.91 Å². The fourth-order valence-electron chi connectivity index (χ4n) is 1.70. The molecule has 1 unspecified atom stereocenters. The summed E-state index contributed by atoms with van der Waals surface area (Å²) >= 11 is 0. The van der Waals surface area contributed by atoms with Crippen molar-refractivity contribution in [2.45, 2.75) is 40.2 Å². The third kappa shape index (κ3) is 4.43. The van der Waals surface area contributed by atoms with Crippen LogP contribution in [0.4, 0.5) is 0 Å². The van der Waals surface area contributed by atoms with Crippen LogP contribution in [-0.4, -0.2) is 5.91 Å². The summed E-state index contributed by atoms with van der Waals surface area (Å²) in [5.74, 6) is -0.0163. The second-order valence-corrected chi connectivity index (χ2v) is 4.60. The molecule has 0 radical (unpaired) electrons. The predicted molar refractivity (Wildman–Crippen MR) is 71.8 cm³/mol. The Morgan fingerprint density at radius 1 is 1.29 bits per heavy atom. The molecule has 0 aliphatic rings. The lowest BCUT2D eigenvalue weighted by molar-refractivity contribution is -0.117. The number of carbonyl (C=O) groups excluding carboxylic acids is 1. The Morgan fingerprint density at radius 3 is 2.35 bits per heavy atom. The van der Waals surface area contributed by atoms with Gasteiger partial charge in [0.05, 0.1) is 6.04 Å². The third-order valence-electron chi connectivity index (χ3n) is 2.62. The summed E-state index contributed by atoms with van der Waals surface area (Å²) in [4.78, 5) is 11.7. The van der Waals surface area contributed by atoms with Gasteiger partial charge in [-0.15, -0.1) is 0 Å². The largest absolute Gasteiger partial charge is 0.346 e. The highest BCUT2D eigenvalue weighted by atomic mass is 16.1. The SMILES string of the molecule is CCC(NC(=O)C=C(C)C)c1ccc(C)cc1. The monoisotopic (exact) mass is 231 g/mol. The summed E-state index contributed by atoms with van der Waals surface area (Å²) in [7, 11) is 0. The molecule has 1 aromatic rings. The minimum absolute atomic E-state index is 0.0163. The molecule has 2 nitrogen and oxygen atoms in total. The van der Waals surface area contributed by atoms with E-state index in [0.717, 1.165) is 17.6 Å². The molecule has 1 atom stereocenters. The van der Waals surface area contributed by atoms with E-state index in [1.807, 2.05) is 13.8 Å². The van der Waals surface area contributed by atoms with Gasteiger partial charge in [0, 0.05) is 6.08 Å². The molecule has 0 saturated carbocycles. The number of hydrogen-bond donors (Lipinski definition) is 1. The molecule has 0 fully saturated rings. The van der Waals surface area contributed by atoms with Gasteiger partial charge in [-0.25, -0.2) is 0 Å². The predicted octanol–water partition coefficient (Wildman–Crippen LogP) is 3.53. The van der Waals surface area contributed by atoms with Crippen LogP contribution in [0.5, 0.6) is 0 Å². The first-order valence-corrected chi connectivity index (χ1v) is 6.05. The van der Waals surface area contributed by atoms with Gasteiger partial charge in [0.2, 0.25) is 5.91 Å². The van der Waals surface area contributed by atoms with Crippen LogP contribution in [0.25, 0.3) is 0 Å². The van der Waals surface area contributed by atoms with Crippen LogP contribution in [0.2, 0.25) is 0 Å². The molecule has 0 bridgehead atoms. The number of hydrogen-bond acceptors (Lipinski definition) is 1. The molecule has 1 aromatic carbocycles. The average molecular weight is 231 g/mol. The van der Waals surface area contributed by atoms with E-state index >= 15 is 0 Å². The van der Waals surface area contributed by atoms with Gasteiger partial charge in [-0.05, 0) is 32.8 Å². The van der Waals surface area contributed by atoms with Gasteiger partial charge in [-0.2, -0.15) is 0 Å². The van der Waals surface area contributed by atoms with Gasteiger partial charge in [0.15, 0.2) is 0 Å². The topological polar surface area (TPSA) is 29.1 Å². The molecular weight excluding hydrogens is 210 g/mol. The van der Waals surface area contributed by atoms with E-state index in [9.17, 15) is 4.79 Å². The molecule has 2 heteroatoms. The standard InChI is InChI=1S/C15H21NO/c1-5-14(16-15(17)10-11(2)3)13-8-6-12(4)7-9-13/h6-10,14H,5H2,1-4H3,(H,16,17). The van der Waals surface area contributed by atoms with E-state index in [2.05, 4.69) is 43.4 Å². The van der Waals surface area contributed by atoms with Gasteiger partial charge in [0.1, 0.15) is 0 Å². The molecule has 92 valence electrons. The van der Waals surface area contributed by atoms with E-state index < -0.39 is 0 Å². The zero-order valence-corrected chi connectivity index (χ0v) is 11.1. The Morgan fingerprint density at radius 2 is 1.88 bits per heavy atom. The molecule has 17 heavy (non-hydrogen) atoms. The van der Waals surface area contributed by atoms with E-state index in [4.69, 9.17) is 0 Å². The molecular formula is C15H21NO. The minimum atomic E-state index is -0.0163. The zero-order valence-electron chi connectivity index (χ0n) is 11.1. The van der Waals surface area contributed by atoms with Crippen LogP contribution in [0.1, 0.15) is 44.4 Å². The van der Waals surface area contributed by atoms with Crippen LogP contribution in [0.15, 0.2) is 35.9 Å². The maximum Gasteiger partial charge on any atom is 0.244 e. The normalized spacial score (nSPS) is 11.8. The minimum Gasteiger partial charge on any atom is -0.346 e. The van der Waals surface area contributed by atoms with E-state index in [0.29, 0.717) is 0 Å². The summed E-state index contributed by atoms with van der Waals surface area (Å²) in [6.07, 6.45) is 2.53. The van der Waals surface area contributed by atoms with Crippen molar-refractivity contribution in [3.05, 3.63) is 47.0 Å². The first-order chi connectivity index (χ1) is 8.02. The second-order valence-electron chi connectivity index (χ2n) is 4.60. The van der Waals surface area contributed by atoms with Crippen LogP contribution in [0, 0.1) is 6.92 Å². The number of nitrogens with one attached hydrogen (secondary N) is 1. The molecule has 1 N–H and O–H groups in total. The lowest BCUT2D eigenvalue weighted by atomic mass is 10.0. The van der Waals surface area contributed by atoms with Gasteiger partial charge in [-0.1, -0.05) is 42.3 Å². The third-order valence-corrected chi connectivity index (χ3v) is 2.62. The van der Waals surface area contributed by atoms with Gasteiger partial charge < -0.3 is 5.32 Å². The fourth-order valence-corrected chi connectivity index (χ4v) is 1.70. The van der Waals surface area contributed by atoms with Crippen molar-refractivity contribution in [3.8, 4) is 0 Å². The van der Waals surface area contributed by atoms with Crippen molar-refractivity contribution in [1.82, 2.24) is 5.32 Å². The quantitative estimate of drug-likeness (QED) is 0.789. The van der Waals surface area contributed by atoms with Gasteiger partial charge in [-0.3, -0.25) is 4.79 Å². The maximum atomic E-state index is 11.7. The summed E-state index contributed by atoms with van der Waals surface area (Å²) in [6.45, 7) is 7.98. The smallest absolute Gasteiger partial charge is 0.244 e. The zero-order chi connectivity index (χ0) is 12.8. The number of carbonyl (C=O) groups is 1. The van der Waals surface area contributed by atoms with Crippen molar-refractivity contribution in [3.63, 3.8) is 0 Å². The van der Waals surface area contributed by atoms with Crippen molar-refractivity contribution in [1.29, 1.82) is 0 Å². The second kappa shape index (κ2) is 6.24. The lowest BCUT2D eigenvalue weighted by Gasteiger charge is -2.16. The Hall–Kier alpha value is -1.57. The summed E-state index contributed by atoms with van der Waals surface area (Å²) in [5.41, 5.74) is 3.41. The molecule has 0 saturated heterocycles. The molecule has 1 rings (SSSR count). The van der Waals surface area contributed by atoms with Gasteiger partial charge in [0.25, 0.3) is 0 Å². The Bertz CT molecular complexity index is 399. The van der Waals surface area contributed by atoms with E-state index in [-0.39, 0.29) is 11.9 Å². The van der Waals surface area contributed by atoms with Crippen LogP contribution < -0.4 is 5.32 Å². The number of benzene rings is 1. The highest BCUT2D eigenvalue weighted by Gasteiger charge is 2.10. The first kappa shape index (κ1) is 13.5. The summed E-state index contributed by atoms with van der Waals surface area (Å²) < 4.78 is 0. The van der Waals surface area contributed by atoms with Crippen LogP contribution in [0.3, 0.4) is 0 Å². The molecule has 0 spiro atoms. The molecule has 0 aromatic heterocycles. The molecule has 0 aliphatic carbocycles. The average Bonchev–Trinajstić information content (AvgIpc) is 2.26. The number of aryl methyl sites for hydroxylation is 1. The van der Waals surface area contributed by atoms with Crippen LogP contribution in [-0.2, 0) is 4.79 Å². The number of rotatable bonds is 4.